The predicted molar refractivity (Wildman–Crippen MR) is 83.1 cm³/mol. The minimum absolute atomic E-state index is 0.00574. The van der Waals surface area contributed by atoms with Crippen molar-refractivity contribution in [2.45, 2.75) is 51.2 Å². The van der Waals surface area contributed by atoms with Gasteiger partial charge in [0.25, 0.3) is 0 Å². The van der Waals surface area contributed by atoms with E-state index in [1.165, 1.54) is 0 Å². The highest BCUT2D eigenvalue weighted by Crippen LogP contribution is 2.23. The third-order valence-corrected chi connectivity index (χ3v) is 4.44. The van der Waals surface area contributed by atoms with Gasteiger partial charge in [0, 0.05) is 16.6 Å². The number of aromatic nitrogens is 1. The molecule has 1 amide bonds. The highest BCUT2D eigenvalue weighted by molar-refractivity contribution is 5.90. The van der Waals surface area contributed by atoms with Crippen LogP contribution in [0.15, 0.2) is 24.3 Å². The van der Waals surface area contributed by atoms with E-state index < -0.39 is 6.10 Å². The lowest BCUT2D eigenvalue weighted by Crippen LogP contribution is -2.45. The van der Waals surface area contributed by atoms with Crippen LogP contribution in [-0.2, 0) is 11.2 Å². The molecule has 4 nitrogen and oxygen atoms in total. The molecule has 1 fully saturated rings. The fraction of sp³-hybridized carbons (Fsp3) is 0.471. The number of hydrogen-bond acceptors (Lipinski definition) is 2. The number of aryl methyl sites for hydroxylation is 1. The van der Waals surface area contributed by atoms with Gasteiger partial charge >= 0.3 is 0 Å². The highest BCUT2D eigenvalue weighted by Gasteiger charge is 2.24. The third-order valence-electron chi connectivity index (χ3n) is 4.44. The van der Waals surface area contributed by atoms with E-state index in [0.717, 1.165) is 47.8 Å². The third kappa shape index (κ3) is 2.95. The molecule has 1 heterocycles. The van der Waals surface area contributed by atoms with E-state index in [1.54, 1.807) is 0 Å². The van der Waals surface area contributed by atoms with Gasteiger partial charge in [-0.1, -0.05) is 31.0 Å². The topological polar surface area (TPSA) is 65.1 Å². The van der Waals surface area contributed by atoms with Crippen LogP contribution in [0.2, 0.25) is 0 Å². The molecule has 2 atom stereocenters. The molecule has 1 aromatic heterocycles. The number of nitrogens with one attached hydrogen (secondary N) is 2. The summed E-state index contributed by atoms with van der Waals surface area (Å²) in [5.41, 5.74) is 3.15. The summed E-state index contributed by atoms with van der Waals surface area (Å²) in [7, 11) is 0. The molecule has 1 aliphatic carbocycles. The molecule has 3 N–H and O–H groups in total. The Labute approximate surface area is 124 Å². The molecule has 0 radical (unpaired) electrons. The summed E-state index contributed by atoms with van der Waals surface area (Å²) in [5, 5.41) is 14.1. The first-order valence-electron chi connectivity index (χ1n) is 7.69. The number of aromatic amines is 1. The van der Waals surface area contributed by atoms with Crippen LogP contribution in [0.1, 0.15) is 36.9 Å². The minimum atomic E-state index is -0.397. The summed E-state index contributed by atoms with van der Waals surface area (Å²) in [6.07, 6.45) is 3.76. The van der Waals surface area contributed by atoms with Crippen molar-refractivity contribution < 1.29 is 9.90 Å². The molecule has 0 spiro atoms. The van der Waals surface area contributed by atoms with Crippen LogP contribution in [0.3, 0.4) is 0 Å². The Bertz CT molecular complexity index is 647. The van der Waals surface area contributed by atoms with Gasteiger partial charge in [-0.05, 0) is 31.4 Å². The molecule has 4 heteroatoms. The fourth-order valence-electron chi connectivity index (χ4n) is 3.26. The summed E-state index contributed by atoms with van der Waals surface area (Å²) in [4.78, 5) is 15.6. The van der Waals surface area contributed by atoms with E-state index in [4.69, 9.17) is 0 Å². The lowest BCUT2D eigenvalue weighted by molar-refractivity contribution is -0.122. The standard InChI is InChI=1S/C17H22N2O2/c1-11-13(12-6-2-3-7-14(12)18-11)10-17(21)19-15-8-4-5-9-16(15)20/h2-3,6-7,15-16,18,20H,4-5,8-10H2,1H3,(H,19,21). The van der Waals surface area contributed by atoms with E-state index in [2.05, 4.69) is 10.3 Å². The zero-order chi connectivity index (χ0) is 14.8. The van der Waals surface area contributed by atoms with Gasteiger partial charge in [0.15, 0.2) is 0 Å². The first-order chi connectivity index (χ1) is 10.1. The second-order valence-corrected chi connectivity index (χ2v) is 5.98. The molecule has 3 rings (SSSR count). The van der Waals surface area contributed by atoms with Crippen molar-refractivity contribution in [1.29, 1.82) is 0 Å². The second-order valence-electron chi connectivity index (χ2n) is 5.98. The molecule has 2 unspecified atom stereocenters. The SMILES string of the molecule is Cc1[nH]c2ccccc2c1CC(=O)NC1CCCCC1O. The first kappa shape index (κ1) is 14.1. The summed E-state index contributed by atoms with van der Waals surface area (Å²) < 4.78 is 0. The molecule has 1 aliphatic rings. The van der Waals surface area contributed by atoms with Gasteiger partial charge in [0.1, 0.15) is 0 Å². The molecule has 2 aromatic rings. The number of hydrogen-bond donors (Lipinski definition) is 3. The zero-order valence-electron chi connectivity index (χ0n) is 12.4. The maximum atomic E-state index is 12.3. The second kappa shape index (κ2) is 5.90. The fourth-order valence-corrected chi connectivity index (χ4v) is 3.26. The number of aliphatic hydroxyl groups is 1. The van der Waals surface area contributed by atoms with Crippen molar-refractivity contribution in [3.05, 3.63) is 35.5 Å². The van der Waals surface area contributed by atoms with E-state index in [1.807, 2.05) is 31.2 Å². The maximum absolute atomic E-state index is 12.3. The summed E-state index contributed by atoms with van der Waals surface area (Å²) >= 11 is 0. The largest absolute Gasteiger partial charge is 0.391 e. The molecule has 112 valence electrons. The van der Waals surface area contributed by atoms with Crippen molar-refractivity contribution in [2.24, 2.45) is 0 Å². The van der Waals surface area contributed by atoms with Gasteiger partial charge in [-0.3, -0.25) is 4.79 Å². The Kier molecular flexibility index (Phi) is 3.97. The Hall–Kier alpha value is -1.81. The molecular weight excluding hydrogens is 264 g/mol. The normalized spacial score (nSPS) is 22.4. The number of carbonyl (C=O) groups excluding carboxylic acids is 1. The Morgan fingerprint density at radius 1 is 1.33 bits per heavy atom. The van der Waals surface area contributed by atoms with Crippen molar-refractivity contribution >= 4 is 16.8 Å². The van der Waals surface area contributed by atoms with Gasteiger partial charge in [0.05, 0.1) is 18.6 Å². The highest BCUT2D eigenvalue weighted by atomic mass is 16.3. The average Bonchev–Trinajstić information content (AvgIpc) is 2.78. The van der Waals surface area contributed by atoms with Crippen LogP contribution in [0.4, 0.5) is 0 Å². The number of aliphatic hydroxyl groups excluding tert-OH is 1. The van der Waals surface area contributed by atoms with Crippen LogP contribution >= 0.6 is 0 Å². The lowest BCUT2D eigenvalue weighted by Gasteiger charge is -2.28. The Morgan fingerprint density at radius 2 is 2.10 bits per heavy atom. The van der Waals surface area contributed by atoms with Crippen LogP contribution in [-0.4, -0.2) is 28.1 Å². The van der Waals surface area contributed by atoms with Crippen molar-refractivity contribution in [1.82, 2.24) is 10.3 Å². The van der Waals surface area contributed by atoms with E-state index in [9.17, 15) is 9.90 Å². The smallest absolute Gasteiger partial charge is 0.224 e. The summed E-state index contributed by atoms with van der Waals surface area (Å²) in [5.74, 6) is -0.00574. The molecule has 0 aliphatic heterocycles. The molecule has 21 heavy (non-hydrogen) atoms. The van der Waals surface area contributed by atoms with Gasteiger partial charge in [-0.15, -0.1) is 0 Å². The summed E-state index contributed by atoms with van der Waals surface area (Å²) in [6, 6.07) is 7.95. The van der Waals surface area contributed by atoms with Gasteiger partial charge in [0.2, 0.25) is 5.91 Å². The van der Waals surface area contributed by atoms with Gasteiger partial charge in [-0.2, -0.15) is 0 Å². The monoisotopic (exact) mass is 286 g/mol. The van der Waals surface area contributed by atoms with Crippen LogP contribution in [0.5, 0.6) is 0 Å². The van der Waals surface area contributed by atoms with E-state index in [-0.39, 0.29) is 11.9 Å². The number of benzene rings is 1. The maximum Gasteiger partial charge on any atom is 0.224 e. The molecule has 1 aromatic carbocycles. The number of fused-ring (bicyclic) bond motifs is 1. The van der Waals surface area contributed by atoms with Crippen LogP contribution in [0.25, 0.3) is 10.9 Å². The van der Waals surface area contributed by atoms with Gasteiger partial charge in [-0.25, -0.2) is 0 Å². The Balaban J connectivity index is 1.73. The Morgan fingerprint density at radius 3 is 2.90 bits per heavy atom. The van der Waals surface area contributed by atoms with Gasteiger partial charge < -0.3 is 15.4 Å². The minimum Gasteiger partial charge on any atom is -0.391 e. The average molecular weight is 286 g/mol. The molecular formula is C17H22N2O2. The predicted octanol–water partition coefficient (Wildman–Crippen LogP) is 2.44. The molecule has 1 saturated carbocycles. The summed E-state index contributed by atoms with van der Waals surface area (Å²) in [6.45, 7) is 2.00. The molecule has 0 saturated heterocycles. The number of rotatable bonds is 3. The molecule has 0 bridgehead atoms. The van der Waals surface area contributed by atoms with Crippen molar-refractivity contribution in [2.75, 3.05) is 0 Å². The van der Waals surface area contributed by atoms with E-state index >= 15 is 0 Å². The number of H-pyrrole nitrogens is 1. The van der Waals surface area contributed by atoms with Crippen molar-refractivity contribution in [3.8, 4) is 0 Å². The number of carbonyl (C=O) groups is 1. The van der Waals surface area contributed by atoms with Crippen LogP contribution in [0, 0.1) is 6.92 Å². The number of para-hydroxylation sites is 1. The first-order valence-corrected chi connectivity index (χ1v) is 7.69. The lowest BCUT2D eigenvalue weighted by atomic mass is 9.92. The zero-order valence-corrected chi connectivity index (χ0v) is 12.4. The quantitative estimate of drug-likeness (QED) is 0.811. The van der Waals surface area contributed by atoms with Crippen LogP contribution < -0.4 is 5.32 Å². The van der Waals surface area contributed by atoms with Crippen molar-refractivity contribution in [3.63, 3.8) is 0 Å². The van der Waals surface area contributed by atoms with E-state index in [0.29, 0.717) is 6.42 Å². The number of amides is 1.